The van der Waals surface area contributed by atoms with E-state index in [1.54, 1.807) is 7.11 Å². The Labute approximate surface area is 99.2 Å². The van der Waals surface area contributed by atoms with Crippen LogP contribution in [0.25, 0.3) is 0 Å². The van der Waals surface area contributed by atoms with Crippen molar-refractivity contribution in [1.82, 2.24) is 5.32 Å². The lowest BCUT2D eigenvalue weighted by Crippen LogP contribution is -2.18. The van der Waals surface area contributed by atoms with E-state index < -0.39 is 0 Å². The lowest BCUT2D eigenvalue weighted by molar-refractivity contribution is 0.411. The van der Waals surface area contributed by atoms with Gasteiger partial charge in [-0.2, -0.15) is 0 Å². The van der Waals surface area contributed by atoms with Gasteiger partial charge in [0.05, 0.1) is 18.1 Å². The van der Waals surface area contributed by atoms with Crippen molar-refractivity contribution in [2.75, 3.05) is 13.7 Å². The first-order valence-corrected chi connectivity index (χ1v) is 5.48. The predicted octanol–water partition coefficient (Wildman–Crippen LogP) is 2.74. The summed E-state index contributed by atoms with van der Waals surface area (Å²) in [7, 11) is 1.65. The molecule has 0 saturated carbocycles. The van der Waals surface area contributed by atoms with Crippen LogP contribution < -0.4 is 10.1 Å². The van der Waals surface area contributed by atoms with E-state index in [2.05, 4.69) is 34.1 Å². The minimum absolute atomic E-state index is 0.239. The van der Waals surface area contributed by atoms with Crippen LogP contribution in [0.4, 0.5) is 0 Å². The monoisotopic (exact) mass is 267 g/mol. The minimum Gasteiger partial charge on any atom is -0.496 e. The van der Waals surface area contributed by atoms with Gasteiger partial charge in [-0.25, -0.2) is 0 Å². The summed E-state index contributed by atoms with van der Waals surface area (Å²) in [5.41, 5.74) is 1.18. The molecule has 2 nitrogen and oxygen atoms in total. The van der Waals surface area contributed by atoms with E-state index in [0.29, 0.717) is 6.54 Å². The normalized spacial score (nSPS) is 11.9. The van der Waals surface area contributed by atoms with Crippen molar-refractivity contribution in [3.63, 3.8) is 0 Å². The second kappa shape index (κ2) is 5.79. The Morgan fingerprint density at radius 2 is 2.33 bits per heavy atom. The highest BCUT2D eigenvalue weighted by molar-refractivity contribution is 9.10. The summed E-state index contributed by atoms with van der Waals surface area (Å²) >= 11 is 3.45. The van der Waals surface area contributed by atoms with Gasteiger partial charge in [-0.1, -0.05) is 12.0 Å². The summed E-state index contributed by atoms with van der Waals surface area (Å²) in [4.78, 5) is 0. The van der Waals surface area contributed by atoms with Gasteiger partial charge in [0.2, 0.25) is 0 Å². The van der Waals surface area contributed by atoms with E-state index in [-0.39, 0.29) is 6.04 Å². The van der Waals surface area contributed by atoms with E-state index in [1.165, 1.54) is 5.56 Å². The Balaban J connectivity index is 2.79. The van der Waals surface area contributed by atoms with Gasteiger partial charge in [0, 0.05) is 6.04 Å². The van der Waals surface area contributed by atoms with Crippen LogP contribution in [0.15, 0.2) is 22.7 Å². The van der Waals surface area contributed by atoms with Crippen molar-refractivity contribution in [3.8, 4) is 18.1 Å². The topological polar surface area (TPSA) is 21.3 Å². The lowest BCUT2D eigenvalue weighted by atomic mass is 10.1. The summed E-state index contributed by atoms with van der Waals surface area (Å²) < 4.78 is 6.12. The fourth-order valence-corrected chi connectivity index (χ4v) is 1.84. The van der Waals surface area contributed by atoms with Gasteiger partial charge in [-0.05, 0) is 40.5 Å². The molecule has 1 N–H and O–H groups in total. The molecule has 1 aromatic carbocycles. The molecule has 1 unspecified atom stereocenters. The fraction of sp³-hybridized carbons (Fsp3) is 0.333. The standard InChI is InChI=1S/C12H14BrNO/c1-4-7-14-9(2)10-5-6-12(15-3)11(13)8-10/h1,5-6,8-9,14H,7H2,2-3H3. The lowest BCUT2D eigenvalue weighted by Gasteiger charge is -2.13. The van der Waals surface area contributed by atoms with E-state index in [0.717, 1.165) is 10.2 Å². The Hall–Kier alpha value is -0.980. The third-order valence-electron chi connectivity index (χ3n) is 2.19. The third-order valence-corrected chi connectivity index (χ3v) is 2.81. The first-order chi connectivity index (χ1) is 7.19. The number of terminal acetylenes is 1. The van der Waals surface area contributed by atoms with Gasteiger partial charge in [-0.3, -0.25) is 5.32 Å². The summed E-state index contributed by atoms with van der Waals surface area (Å²) in [5.74, 6) is 3.39. The summed E-state index contributed by atoms with van der Waals surface area (Å²) in [5, 5.41) is 3.22. The van der Waals surface area contributed by atoms with Gasteiger partial charge in [0.25, 0.3) is 0 Å². The van der Waals surface area contributed by atoms with Gasteiger partial charge in [0.1, 0.15) is 5.75 Å². The zero-order chi connectivity index (χ0) is 11.3. The Bertz CT molecular complexity index is 370. The van der Waals surface area contributed by atoms with Gasteiger partial charge < -0.3 is 4.74 Å². The average Bonchev–Trinajstić information content (AvgIpc) is 2.25. The van der Waals surface area contributed by atoms with E-state index in [9.17, 15) is 0 Å². The summed E-state index contributed by atoms with van der Waals surface area (Å²) in [6.07, 6.45) is 5.19. The van der Waals surface area contributed by atoms with Crippen LogP contribution in [0, 0.1) is 12.3 Å². The van der Waals surface area contributed by atoms with Crippen LogP contribution in [-0.2, 0) is 0 Å². The third kappa shape index (κ3) is 3.26. The van der Waals surface area contributed by atoms with Gasteiger partial charge in [0.15, 0.2) is 0 Å². The summed E-state index contributed by atoms with van der Waals surface area (Å²) in [6, 6.07) is 6.24. The fourth-order valence-electron chi connectivity index (χ4n) is 1.28. The van der Waals surface area contributed by atoms with Gasteiger partial charge >= 0.3 is 0 Å². The molecule has 15 heavy (non-hydrogen) atoms. The molecule has 0 bridgehead atoms. The molecule has 0 aliphatic heterocycles. The first-order valence-electron chi connectivity index (χ1n) is 4.69. The van der Waals surface area contributed by atoms with E-state index in [1.807, 2.05) is 18.2 Å². The number of ether oxygens (including phenoxy) is 1. The molecule has 80 valence electrons. The van der Waals surface area contributed by atoms with Crippen molar-refractivity contribution < 1.29 is 4.74 Å². The number of halogens is 1. The average molecular weight is 268 g/mol. The molecule has 1 atom stereocenters. The molecule has 1 aromatic rings. The molecule has 0 amide bonds. The van der Waals surface area contributed by atoms with Crippen LogP contribution >= 0.6 is 15.9 Å². The number of nitrogens with one attached hydrogen (secondary N) is 1. The number of benzene rings is 1. The second-order valence-corrected chi connectivity index (χ2v) is 4.06. The van der Waals surface area contributed by atoms with Crippen molar-refractivity contribution in [3.05, 3.63) is 28.2 Å². The van der Waals surface area contributed by atoms with Crippen LogP contribution in [0.5, 0.6) is 5.75 Å². The smallest absolute Gasteiger partial charge is 0.133 e. The van der Waals surface area contributed by atoms with Crippen LogP contribution in [0.1, 0.15) is 18.5 Å². The molecular weight excluding hydrogens is 254 g/mol. The largest absolute Gasteiger partial charge is 0.496 e. The predicted molar refractivity (Wildman–Crippen MR) is 65.9 cm³/mol. The van der Waals surface area contributed by atoms with Crippen LogP contribution in [0.2, 0.25) is 0 Å². The van der Waals surface area contributed by atoms with Crippen LogP contribution in [-0.4, -0.2) is 13.7 Å². The Kier molecular flexibility index (Phi) is 4.67. The maximum Gasteiger partial charge on any atom is 0.133 e. The quantitative estimate of drug-likeness (QED) is 0.848. The first kappa shape index (κ1) is 12.1. The highest BCUT2D eigenvalue weighted by Gasteiger charge is 2.06. The van der Waals surface area contributed by atoms with Crippen molar-refractivity contribution in [1.29, 1.82) is 0 Å². The highest BCUT2D eigenvalue weighted by atomic mass is 79.9. The number of hydrogen-bond donors (Lipinski definition) is 1. The molecular formula is C12H14BrNO. The Morgan fingerprint density at radius 1 is 1.60 bits per heavy atom. The molecule has 1 rings (SSSR count). The molecule has 0 heterocycles. The second-order valence-electron chi connectivity index (χ2n) is 3.20. The van der Waals surface area contributed by atoms with Crippen LogP contribution in [0.3, 0.4) is 0 Å². The molecule has 0 radical (unpaired) electrons. The number of rotatable bonds is 4. The molecule has 0 aliphatic carbocycles. The maximum atomic E-state index is 5.19. The highest BCUT2D eigenvalue weighted by Crippen LogP contribution is 2.27. The number of methoxy groups -OCH3 is 1. The minimum atomic E-state index is 0.239. The molecule has 0 spiro atoms. The van der Waals surface area contributed by atoms with Crippen molar-refractivity contribution in [2.24, 2.45) is 0 Å². The molecule has 0 saturated heterocycles. The van der Waals surface area contributed by atoms with Gasteiger partial charge in [-0.15, -0.1) is 6.42 Å². The molecule has 3 heteroatoms. The molecule has 0 fully saturated rings. The van der Waals surface area contributed by atoms with E-state index in [4.69, 9.17) is 11.2 Å². The Morgan fingerprint density at radius 3 is 2.87 bits per heavy atom. The van der Waals surface area contributed by atoms with Crippen molar-refractivity contribution >= 4 is 15.9 Å². The molecule has 0 aliphatic rings. The molecule has 0 aromatic heterocycles. The summed E-state index contributed by atoms with van der Waals surface area (Å²) in [6.45, 7) is 2.65. The zero-order valence-electron chi connectivity index (χ0n) is 8.88. The van der Waals surface area contributed by atoms with E-state index >= 15 is 0 Å². The maximum absolute atomic E-state index is 5.19. The zero-order valence-corrected chi connectivity index (χ0v) is 10.5. The van der Waals surface area contributed by atoms with Crippen molar-refractivity contribution in [2.45, 2.75) is 13.0 Å². The SMILES string of the molecule is C#CCNC(C)c1ccc(OC)c(Br)c1. The number of hydrogen-bond acceptors (Lipinski definition) is 2.